The minimum atomic E-state index is -0.398. The third kappa shape index (κ3) is 3.87. The van der Waals surface area contributed by atoms with Crippen molar-refractivity contribution in [3.63, 3.8) is 0 Å². The quantitative estimate of drug-likeness (QED) is 0.485. The van der Waals surface area contributed by atoms with Crippen molar-refractivity contribution in [3.05, 3.63) is 11.6 Å². The Kier molecular flexibility index (Phi) is 6.54. The Bertz CT molecular complexity index is 708. The van der Waals surface area contributed by atoms with E-state index in [-0.39, 0.29) is 11.2 Å². The van der Waals surface area contributed by atoms with Crippen LogP contribution in [-0.2, 0) is 4.79 Å². The lowest BCUT2D eigenvalue weighted by Crippen LogP contribution is -2.54. The van der Waals surface area contributed by atoms with E-state index in [0.29, 0.717) is 23.7 Å². The van der Waals surface area contributed by atoms with Gasteiger partial charge in [0.15, 0.2) is 5.78 Å². The molecule has 0 bridgehead atoms. The zero-order valence-corrected chi connectivity index (χ0v) is 21.1. The normalized spacial score (nSPS) is 44.3. The van der Waals surface area contributed by atoms with Crippen molar-refractivity contribution in [2.75, 3.05) is 0 Å². The first-order chi connectivity index (χ1) is 14.6. The molecule has 3 saturated carbocycles. The summed E-state index contributed by atoms with van der Waals surface area (Å²) < 4.78 is 0. The highest BCUT2D eigenvalue weighted by molar-refractivity contribution is 5.91. The molecule has 0 aromatic heterocycles. The van der Waals surface area contributed by atoms with Crippen LogP contribution in [0.2, 0.25) is 0 Å². The predicted octanol–water partition coefficient (Wildman–Crippen LogP) is 7.20. The molecule has 3 fully saturated rings. The van der Waals surface area contributed by atoms with E-state index in [1.54, 1.807) is 0 Å². The van der Waals surface area contributed by atoms with Crippen molar-refractivity contribution in [3.8, 4) is 0 Å². The fourth-order valence-corrected chi connectivity index (χ4v) is 9.27. The summed E-state index contributed by atoms with van der Waals surface area (Å²) in [6, 6.07) is 0. The number of ketones is 1. The molecular weight excluding hydrogens is 380 g/mol. The monoisotopic (exact) mass is 428 g/mol. The zero-order valence-electron chi connectivity index (χ0n) is 21.1. The lowest BCUT2D eigenvalue weighted by atomic mass is 9.46. The van der Waals surface area contributed by atoms with Crippen LogP contribution >= 0.6 is 0 Å². The zero-order chi connectivity index (χ0) is 22.6. The molecule has 2 nitrogen and oxygen atoms in total. The lowest BCUT2D eigenvalue weighted by Gasteiger charge is -2.59. The van der Waals surface area contributed by atoms with Gasteiger partial charge < -0.3 is 5.11 Å². The van der Waals surface area contributed by atoms with Gasteiger partial charge in [-0.15, -0.1) is 0 Å². The van der Waals surface area contributed by atoms with E-state index in [2.05, 4.69) is 41.5 Å². The summed E-state index contributed by atoms with van der Waals surface area (Å²) in [5.74, 6) is 5.62. The summed E-state index contributed by atoms with van der Waals surface area (Å²) in [6.07, 6.45) is 13.4. The highest BCUT2D eigenvalue weighted by Gasteiger charge is 2.60. The molecule has 0 amide bonds. The van der Waals surface area contributed by atoms with Crippen LogP contribution in [0.25, 0.3) is 0 Å². The summed E-state index contributed by atoms with van der Waals surface area (Å²) in [5.41, 5.74) is 1.57. The van der Waals surface area contributed by atoms with E-state index < -0.39 is 6.10 Å². The number of carbonyl (C=O) groups is 1. The molecule has 4 aliphatic rings. The highest BCUT2D eigenvalue weighted by atomic mass is 16.3. The average Bonchev–Trinajstić information content (AvgIpc) is 3.07. The standard InChI is InChI=1S/C29H48O2/c1-7-20(18(2)3)9-8-19(4)23-10-11-24-22-17-27(31)26-16-21(30)12-14-29(26,6)25(22)13-15-28(23,24)5/h16,18-20,22-25,27,31H,7-15,17H2,1-6H3/t19?,20?,22?,23?,24?,25?,27?,28-,29-/m1/s1. The van der Waals surface area contributed by atoms with Gasteiger partial charge in [0, 0.05) is 6.42 Å². The van der Waals surface area contributed by atoms with E-state index >= 15 is 0 Å². The third-order valence-electron chi connectivity index (χ3n) is 11.2. The third-order valence-corrected chi connectivity index (χ3v) is 11.2. The molecule has 176 valence electrons. The Morgan fingerprint density at radius 3 is 2.48 bits per heavy atom. The number of carbonyl (C=O) groups excluding carboxylic acids is 1. The van der Waals surface area contributed by atoms with Gasteiger partial charge >= 0.3 is 0 Å². The molecule has 4 rings (SSSR count). The maximum Gasteiger partial charge on any atom is 0.155 e. The van der Waals surface area contributed by atoms with E-state index in [0.717, 1.165) is 48.0 Å². The minimum absolute atomic E-state index is 0.0485. The molecule has 31 heavy (non-hydrogen) atoms. The molecule has 0 saturated heterocycles. The van der Waals surface area contributed by atoms with E-state index in [9.17, 15) is 9.90 Å². The SMILES string of the molecule is CCC(CCC(C)C1CCC2C3CC(O)C4=CC(=O)CC[C@]4(C)C3CC[C@]12C)C(C)C. The van der Waals surface area contributed by atoms with Crippen molar-refractivity contribution in [2.24, 2.45) is 52.3 Å². The molecule has 7 unspecified atom stereocenters. The molecule has 9 atom stereocenters. The second-order valence-corrected chi connectivity index (χ2v) is 12.8. The van der Waals surface area contributed by atoms with Gasteiger partial charge in [-0.25, -0.2) is 0 Å². The van der Waals surface area contributed by atoms with E-state index in [1.807, 2.05) is 6.08 Å². The molecular formula is C29H48O2. The molecule has 0 radical (unpaired) electrons. The maximum absolute atomic E-state index is 12.1. The molecule has 1 N–H and O–H groups in total. The minimum Gasteiger partial charge on any atom is -0.389 e. The highest BCUT2D eigenvalue weighted by Crippen LogP contribution is 2.67. The first-order valence-corrected chi connectivity index (χ1v) is 13.5. The van der Waals surface area contributed by atoms with Crippen LogP contribution in [0.1, 0.15) is 106 Å². The Hall–Kier alpha value is -0.630. The van der Waals surface area contributed by atoms with Crippen LogP contribution in [0.3, 0.4) is 0 Å². The van der Waals surface area contributed by atoms with Gasteiger partial charge in [-0.2, -0.15) is 0 Å². The van der Waals surface area contributed by atoms with Crippen LogP contribution in [0, 0.1) is 52.3 Å². The van der Waals surface area contributed by atoms with Gasteiger partial charge in [0.2, 0.25) is 0 Å². The number of hydrogen-bond donors (Lipinski definition) is 1. The van der Waals surface area contributed by atoms with Crippen molar-refractivity contribution < 1.29 is 9.90 Å². The summed E-state index contributed by atoms with van der Waals surface area (Å²) in [7, 11) is 0. The number of aliphatic hydroxyl groups excluding tert-OH is 1. The molecule has 2 heteroatoms. The second-order valence-electron chi connectivity index (χ2n) is 12.8. The molecule has 0 spiro atoms. The summed E-state index contributed by atoms with van der Waals surface area (Å²) in [5, 5.41) is 11.1. The first kappa shape index (κ1) is 23.5. The van der Waals surface area contributed by atoms with Crippen molar-refractivity contribution in [2.45, 2.75) is 112 Å². The van der Waals surface area contributed by atoms with Crippen molar-refractivity contribution in [1.82, 2.24) is 0 Å². The average molecular weight is 429 g/mol. The topological polar surface area (TPSA) is 37.3 Å². The molecule has 4 aliphatic carbocycles. The molecule has 0 aromatic carbocycles. The van der Waals surface area contributed by atoms with Gasteiger partial charge in [-0.3, -0.25) is 4.79 Å². The summed E-state index contributed by atoms with van der Waals surface area (Å²) >= 11 is 0. The van der Waals surface area contributed by atoms with Crippen molar-refractivity contribution >= 4 is 5.78 Å². The van der Waals surface area contributed by atoms with Gasteiger partial charge in [-0.05, 0) is 109 Å². The number of aliphatic hydroxyl groups is 1. The van der Waals surface area contributed by atoms with Crippen molar-refractivity contribution in [1.29, 1.82) is 0 Å². The molecule has 0 heterocycles. The molecule has 0 aromatic rings. The lowest BCUT2D eigenvalue weighted by molar-refractivity contribution is -0.119. The Morgan fingerprint density at radius 2 is 1.81 bits per heavy atom. The smallest absolute Gasteiger partial charge is 0.155 e. The van der Waals surface area contributed by atoms with Gasteiger partial charge in [0.25, 0.3) is 0 Å². The number of hydrogen-bond acceptors (Lipinski definition) is 2. The second kappa shape index (κ2) is 8.62. The van der Waals surface area contributed by atoms with E-state index in [1.165, 1.54) is 44.9 Å². The largest absolute Gasteiger partial charge is 0.389 e. The van der Waals surface area contributed by atoms with Crippen LogP contribution in [-0.4, -0.2) is 17.0 Å². The predicted molar refractivity (Wildman–Crippen MR) is 129 cm³/mol. The van der Waals surface area contributed by atoms with E-state index in [4.69, 9.17) is 0 Å². The number of rotatable bonds is 6. The van der Waals surface area contributed by atoms with Gasteiger partial charge in [-0.1, -0.05) is 54.4 Å². The van der Waals surface area contributed by atoms with Crippen LogP contribution in [0.15, 0.2) is 11.6 Å². The fraction of sp³-hybridized carbons (Fsp3) is 0.897. The Balaban J connectivity index is 1.51. The number of fused-ring (bicyclic) bond motifs is 5. The van der Waals surface area contributed by atoms with Crippen LogP contribution in [0.4, 0.5) is 0 Å². The fourth-order valence-electron chi connectivity index (χ4n) is 9.27. The Labute approximate surface area is 191 Å². The van der Waals surface area contributed by atoms with Gasteiger partial charge in [0.1, 0.15) is 0 Å². The summed E-state index contributed by atoms with van der Waals surface area (Å²) in [6.45, 7) is 14.7. The molecule has 0 aliphatic heterocycles. The maximum atomic E-state index is 12.1. The van der Waals surface area contributed by atoms with Crippen LogP contribution < -0.4 is 0 Å². The summed E-state index contributed by atoms with van der Waals surface area (Å²) in [4.78, 5) is 12.1. The Morgan fingerprint density at radius 1 is 1.06 bits per heavy atom. The first-order valence-electron chi connectivity index (χ1n) is 13.5. The van der Waals surface area contributed by atoms with Gasteiger partial charge in [0.05, 0.1) is 6.10 Å². The van der Waals surface area contributed by atoms with Crippen LogP contribution in [0.5, 0.6) is 0 Å².